The summed E-state index contributed by atoms with van der Waals surface area (Å²) in [6.45, 7) is 9.77. The maximum Gasteiger partial charge on any atom is 0.408 e. The van der Waals surface area contributed by atoms with Crippen molar-refractivity contribution in [3.8, 4) is 0 Å². The molecule has 0 saturated heterocycles. The van der Waals surface area contributed by atoms with Gasteiger partial charge in [-0.15, -0.1) is 0 Å². The van der Waals surface area contributed by atoms with Gasteiger partial charge in [-0.3, -0.25) is 4.79 Å². The Kier molecular flexibility index (Phi) is 12.7. The number of amides is 3. The molecule has 0 saturated carbocycles. The second-order valence-corrected chi connectivity index (χ2v) is 13.8. The number of carbonyl (C=O) groups excluding carboxylic acids is 3. The summed E-state index contributed by atoms with van der Waals surface area (Å²) in [5.41, 5.74) is 0.509. The number of hydrogen-bond donors (Lipinski definition) is 4. The van der Waals surface area contributed by atoms with E-state index in [1.165, 1.54) is 6.07 Å². The number of ether oxygens (including phenoxy) is 2. The molecule has 3 rings (SSSR count). The number of sulfonamides is 1. The van der Waals surface area contributed by atoms with E-state index in [9.17, 15) is 22.8 Å². The number of alkyl carbamates (subject to hydrolysis) is 2. The van der Waals surface area contributed by atoms with E-state index in [4.69, 9.17) is 9.47 Å². The Hall–Kier alpha value is -4.16. The molecule has 4 N–H and O–H groups in total. The van der Waals surface area contributed by atoms with E-state index in [0.717, 1.165) is 5.56 Å². The third kappa shape index (κ3) is 11.7. The zero-order valence-corrected chi connectivity index (χ0v) is 27.3. The fourth-order valence-electron chi connectivity index (χ4n) is 4.36. The smallest absolute Gasteiger partial charge is 0.408 e. The van der Waals surface area contributed by atoms with Crippen molar-refractivity contribution in [1.82, 2.24) is 15.4 Å². The van der Waals surface area contributed by atoms with Crippen LogP contribution >= 0.6 is 0 Å². The van der Waals surface area contributed by atoms with E-state index in [0.29, 0.717) is 35.8 Å². The molecular weight excluding hydrogens is 596 g/mol. The van der Waals surface area contributed by atoms with Crippen LogP contribution in [0.15, 0.2) is 71.6 Å². The van der Waals surface area contributed by atoms with Crippen molar-refractivity contribution in [2.45, 2.75) is 77.0 Å². The van der Waals surface area contributed by atoms with E-state index in [-0.39, 0.29) is 30.4 Å². The van der Waals surface area contributed by atoms with Crippen LogP contribution in [0.5, 0.6) is 0 Å². The van der Waals surface area contributed by atoms with Crippen LogP contribution in [-0.4, -0.2) is 51.2 Å². The molecule has 1 atom stereocenters. The average molecular weight is 641 g/mol. The topological polar surface area (TPSA) is 152 Å². The molecule has 0 aliphatic rings. The predicted molar refractivity (Wildman–Crippen MR) is 174 cm³/mol. The van der Waals surface area contributed by atoms with Crippen molar-refractivity contribution in [1.29, 1.82) is 0 Å². The third-order valence-corrected chi connectivity index (χ3v) is 8.00. The summed E-state index contributed by atoms with van der Waals surface area (Å²) in [6, 6.07) is 18.3. The van der Waals surface area contributed by atoms with Crippen LogP contribution in [-0.2, 0) is 30.9 Å². The van der Waals surface area contributed by atoms with Crippen LogP contribution in [0.1, 0.15) is 59.4 Å². The number of unbranched alkanes of at least 4 members (excludes halogenated alkanes) is 1. The van der Waals surface area contributed by atoms with Gasteiger partial charge in [-0.2, -0.15) is 0 Å². The van der Waals surface area contributed by atoms with E-state index in [1.807, 2.05) is 44.2 Å². The third-order valence-electron chi connectivity index (χ3n) is 6.52. The van der Waals surface area contributed by atoms with Gasteiger partial charge >= 0.3 is 12.2 Å². The molecule has 0 bridgehead atoms. The summed E-state index contributed by atoms with van der Waals surface area (Å²) in [6.07, 6.45) is -0.00895. The van der Waals surface area contributed by atoms with Gasteiger partial charge in [0.1, 0.15) is 18.2 Å². The molecule has 3 aromatic carbocycles. The summed E-state index contributed by atoms with van der Waals surface area (Å²) in [7, 11) is -3.79. The van der Waals surface area contributed by atoms with Crippen molar-refractivity contribution >= 4 is 44.6 Å². The molecule has 1 unspecified atom stereocenters. The Bertz CT molecular complexity index is 1550. The lowest BCUT2D eigenvalue weighted by molar-refractivity contribution is -0.118. The van der Waals surface area contributed by atoms with Gasteiger partial charge in [0.25, 0.3) is 0 Å². The summed E-state index contributed by atoms with van der Waals surface area (Å²) in [5.74, 6) is -0.363. The Labute approximate surface area is 265 Å². The van der Waals surface area contributed by atoms with Gasteiger partial charge < -0.3 is 25.4 Å². The summed E-state index contributed by atoms with van der Waals surface area (Å²) < 4.78 is 39.3. The molecule has 0 aliphatic heterocycles. The molecule has 11 nitrogen and oxygen atoms in total. The first-order chi connectivity index (χ1) is 21.2. The number of hydrogen-bond acceptors (Lipinski definition) is 7. The van der Waals surface area contributed by atoms with Crippen molar-refractivity contribution < 1.29 is 32.3 Å². The first-order valence-corrected chi connectivity index (χ1v) is 16.5. The Morgan fingerprint density at radius 1 is 0.844 bits per heavy atom. The quantitative estimate of drug-likeness (QED) is 0.165. The SMILES string of the molecule is CC(C)CNS(=O)(=O)c1cccc2c(NC(=O)C(CCCCNC(=O)OCc3ccccc3)NC(=O)OC(C)(C)C)cccc12. The van der Waals surface area contributed by atoms with Crippen molar-refractivity contribution in [3.63, 3.8) is 0 Å². The average Bonchev–Trinajstić information content (AvgIpc) is 2.97. The number of fused-ring (bicyclic) bond motifs is 1. The van der Waals surface area contributed by atoms with E-state index < -0.39 is 39.8 Å². The normalized spacial score (nSPS) is 12.4. The van der Waals surface area contributed by atoms with Crippen LogP contribution in [0.4, 0.5) is 15.3 Å². The monoisotopic (exact) mass is 640 g/mol. The Balaban J connectivity index is 1.67. The van der Waals surface area contributed by atoms with Gasteiger partial charge in [-0.05, 0) is 63.6 Å². The molecule has 0 heterocycles. The highest BCUT2D eigenvalue weighted by molar-refractivity contribution is 7.89. The fraction of sp³-hybridized carbons (Fsp3) is 0.424. The van der Waals surface area contributed by atoms with Crippen LogP contribution < -0.4 is 20.7 Å². The molecule has 0 aromatic heterocycles. The summed E-state index contributed by atoms with van der Waals surface area (Å²) in [4.78, 5) is 38.3. The second-order valence-electron chi connectivity index (χ2n) is 12.1. The largest absolute Gasteiger partial charge is 0.445 e. The number of anilines is 1. The second kappa shape index (κ2) is 16.2. The van der Waals surface area contributed by atoms with E-state index in [2.05, 4.69) is 20.7 Å². The number of benzene rings is 3. The van der Waals surface area contributed by atoms with Gasteiger partial charge in [0.2, 0.25) is 15.9 Å². The molecule has 0 radical (unpaired) electrons. The molecule has 244 valence electrons. The van der Waals surface area contributed by atoms with Crippen LogP contribution in [0.3, 0.4) is 0 Å². The van der Waals surface area contributed by atoms with Crippen LogP contribution in [0.2, 0.25) is 0 Å². The molecule has 3 aromatic rings. The fourth-order valence-corrected chi connectivity index (χ4v) is 5.79. The van der Waals surface area contributed by atoms with Gasteiger partial charge in [-0.1, -0.05) is 68.4 Å². The molecule has 0 spiro atoms. The van der Waals surface area contributed by atoms with Gasteiger partial charge in [0.05, 0.1) is 4.90 Å². The molecule has 0 aliphatic carbocycles. The maximum atomic E-state index is 13.5. The van der Waals surface area contributed by atoms with E-state index >= 15 is 0 Å². The Morgan fingerprint density at radius 2 is 1.53 bits per heavy atom. The van der Waals surface area contributed by atoms with Crippen molar-refractivity contribution in [3.05, 3.63) is 72.3 Å². The minimum absolute atomic E-state index is 0.106. The standard InChI is InChI=1S/C33H44N4O7S/c1-23(2)21-35-45(41,42)29-19-12-15-25-26(29)16-11-18-27(25)36-30(38)28(37-32(40)44-33(3,4)5)17-9-10-20-34-31(39)43-22-24-13-7-6-8-14-24/h6-8,11-16,18-19,23,28,35H,9-10,17,20-22H2,1-5H3,(H,34,39)(H,36,38)(H,37,40). The zero-order chi connectivity index (χ0) is 33.0. The maximum absolute atomic E-state index is 13.5. The summed E-state index contributed by atoms with van der Waals surface area (Å²) >= 11 is 0. The lowest BCUT2D eigenvalue weighted by atomic mass is 10.1. The molecular formula is C33H44N4O7S. The number of carbonyl (C=O) groups is 3. The van der Waals surface area contributed by atoms with E-state index in [1.54, 1.807) is 51.1 Å². The van der Waals surface area contributed by atoms with Crippen molar-refractivity contribution in [2.75, 3.05) is 18.4 Å². The minimum Gasteiger partial charge on any atom is -0.445 e. The number of nitrogens with one attached hydrogen (secondary N) is 4. The van der Waals surface area contributed by atoms with Gasteiger partial charge in [0.15, 0.2) is 0 Å². The van der Waals surface area contributed by atoms with Gasteiger partial charge in [0, 0.05) is 29.5 Å². The summed E-state index contributed by atoms with van der Waals surface area (Å²) in [5, 5.41) is 9.19. The Morgan fingerprint density at radius 3 is 2.22 bits per heavy atom. The number of rotatable bonds is 14. The lowest BCUT2D eigenvalue weighted by Crippen LogP contribution is -2.45. The van der Waals surface area contributed by atoms with Crippen LogP contribution in [0.25, 0.3) is 10.8 Å². The lowest BCUT2D eigenvalue weighted by Gasteiger charge is -2.23. The van der Waals surface area contributed by atoms with Crippen LogP contribution in [0, 0.1) is 5.92 Å². The highest BCUT2D eigenvalue weighted by atomic mass is 32.2. The van der Waals surface area contributed by atoms with Crippen molar-refractivity contribution in [2.24, 2.45) is 5.92 Å². The first-order valence-electron chi connectivity index (χ1n) is 15.0. The molecule has 3 amide bonds. The van der Waals surface area contributed by atoms with Gasteiger partial charge in [-0.25, -0.2) is 22.7 Å². The highest BCUT2D eigenvalue weighted by Gasteiger charge is 2.25. The predicted octanol–water partition coefficient (Wildman–Crippen LogP) is 5.70. The molecule has 12 heteroatoms. The molecule has 45 heavy (non-hydrogen) atoms. The molecule has 0 fully saturated rings. The minimum atomic E-state index is -3.79. The first kappa shape index (κ1) is 35.3. The highest BCUT2D eigenvalue weighted by Crippen LogP contribution is 2.29. The zero-order valence-electron chi connectivity index (χ0n) is 26.5.